The normalized spacial score (nSPS) is 13.3. The van der Waals surface area contributed by atoms with E-state index in [1.165, 1.54) is 5.56 Å². The number of aryl methyl sites for hydroxylation is 1. The molecule has 5 nitrogen and oxygen atoms in total. The fourth-order valence-corrected chi connectivity index (χ4v) is 3.68. The lowest BCUT2D eigenvalue weighted by Crippen LogP contribution is -2.18. The van der Waals surface area contributed by atoms with Crippen molar-refractivity contribution >= 4 is 16.9 Å². The number of benzene rings is 2. The first-order valence-corrected chi connectivity index (χ1v) is 9.84. The molecule has 0 saturated heterocycles. The maximum absolute atomic E-state index is 12.2. The summed E-state index contributed by atoms with van der Waals surface area (Å²) in [6, 6.07) is 12.8. The molecule has 0 amide bonds. The molecule has 3 aromatic rings. The van der Waals surface area contributed by atoms with E-state index in [-0.39, 0.29) is 17.6 Å². The fourth-order valence-electron chi connectivity index (χ4n) is 3.68. The molecule has 5 heteroatoms. The molecule has 0 unspecified atom stereocenters. The van der Waals surface area contributed by atoms with E-state index in [4.69, 9.17) is 13.9 Å². The minimum absolute atomic E-state index is 0.0582. The molecular formula is C24H24O5. The molecule has 0 bridgehead atoms. The Hall–Kier alpha value is -3.08. The van der Waals surface area contributed by atoms with Crippen LogP contribution in [-0.2, 0) is 23.1 Å². The highest BCUT2D eigenvalue weighted by Gasteiger charge is 2.20. The van der Waals surface area contributed by atoms with E-state index >= 15 is 0 Å². The molecule has 1 aliphatic rings. The molecule has 1 aromatic heterocycles. The second-order valence-electron chi connectivity index (χ2n) is 8.40. The summed E-state index contributed by atoms with van der Waals surface area (Å²) >= 11 is 0. The third-order valence-electron chi connectivity index (χ3n) is 5.25. The standard InChI is InChI=1S/C24H24O5/c1-24(2,3)15-7-9-16(10-8-15)27-14-22(25)28-17-11-12-19-18-5-4-6-20(18)23(26)29-21(19)13-17/h7-13H,4-6,14H2,1-3H3. The zero-order valence-corrected chi connectivity index (χ0v) is 16.9. The number of hydrogen-bond donors (Lipinski definition) is 0. The third kappa shape index (κ3) is 4.04. The van der Waals surface area contributed by atoms with Crippen LogP contribution in [0, 0.1) is 0 Å². The lowest BCUT2D eigenvalue weighted by Gasteiger charge is -2.19. The van der Waals surface area contributed by atoms with Gasteiger partial charge in [-0.15, -0.1) is 0 Å². The average Bonchev–Trinajstić information content (AvgIpc) is 3.17. The van der Waals surface area contributed by atoms with Crippen LogP contribution in [0.1, 0.15) is 43.9 Å². The molecule has 0 radical (unpaired) electrons. The molecule has 0 fully saturated rings. The second kappa shape index (κ2) is 7.39. The van der Waals surface area contributed by atoms with Crippen LogP contribution < -0.4 is 15.1 Å². The monoisotopic (exact) mass is 392 g/mol. The Balaban J connectivity index is 1.43. The largest absolute Gasteiger partial charge is 0.482 e. The summed E-state index contributed by atoms with van der Waals surface area (Å²) in [5.41, 5.74) is 3.22. The van der Waals surface area contributed by atoms with E-state index in [0.717, 1.165) is 35.8 Å². The van der Waals surface area contributed by atoms with Crippen molar-refractivity contribution in [1.29, 1.82) is 0 Å². The van der Waals surface area contributed by atoms with Crippen LogP contribution in [-0.4, -0.2) is 12.6 Å². The molecule has 4 rings (SSSR count). The molecule has 0 atom stereocenters. The summed E-state index contributed by atoms with van der Waals surface area (Å²) in [5, 5.41) is 0.909. The number of fused-ring (bicyclic) bond motifs is 3. The fraction of sp³-hybridized carbons (Fsp3) is 0.333. The van der Waals surface area contributed by atoms with E-state index in [0.29, 0.717) is 17.1 Å². The highest BCUT2D eigenvalue weighted by atomic mass is 16.6. The molecule has 0 spiro atoms. The van der Waals surface area contributed by atoms with Crippen LogP contribution in [0.4, 0.5) is 0 Å². The molecule has 150 valence electrons. The molecular weight excluding hydrogens is 368 g/mol. The van der Waals surface area contributed by atoms with E-state index in [2.05, 4.69) is 20.8 Å². The van der Waals surface area contributed by atoms with Crippen molar-refractivity contribution in [2.45, 2.75) is 45.4 Å². The number of carbonyl (C=O) groups excluding carboxylic acids is 1. The summed E-state index contributed by atoms with van der Waals surface area (Å²) in [4.78, 5) is 24.3. The van der Waals surface area contributed by atoms with Crippen molar-refractivity contribution in [2.75, 3.05) is 6.61 Å². The summed E-state index contributed by atoms with van der Waals surface area (Å²) < 4.78 is 16.3. The minimum atomic E-state index is -0.521. The molecule has 0 N–H and O–H groups in total. The van der Waals surface area contributed by atoms with Gasteiger partial charge < -0.3 is 13.9 Å². The zero-order valence-electron chi connectivity index (χ0n) is 16.9. The van der Waals surface area contributed by atoms with Gasteiger partial charge in [0.1, 0.15) is 17.1 Å². The highest BCUT2D eigenvalue weighted by molar-refractivity contribution is 5.84. The first kappa shape index (κ1) is 19.2. The summed E-state index contributed by atoms with van der Waals surface area (Å²) in [6.07, 6.45) is 2.60. The van der Waals surface area contributed by atoms with Gasteiger partial charge in [-0.3, -0.25) is 0 Å². The molecule has 1 heterocycles. The smallest absolute Gasteiger partial charge is 0.349 e. The van der Waals surface area contributed by atoms with Crippen molar-refractivity contribution in [1.82, 2.24) is 0 Å². The summed E-state index contributed by atoms with van der Waals surface area (Å²) in [6.45, 7) is 6.21. The Bertz CT molecular complexity index is 1120. The Morgan fingerprint density at radius 2 is 1.69 bits per heavy atom. The first-order valence-electron chi connectivity index (χ1n) is 9.84. The summed E-state index contributed by atoms with van der Waals surface area (Å²) in [7, 11) is 0. The maximum atomic E-state index is 12.2. The van der Waals surface area contributed by atoms with Gasteiger partial charge in [-0.25, -0.2) is 9.59 Å². The van der Waals surface area contributed by atoms with E-state index in [1.54, 1.807) is 12.1 Å². The van der Waals surface area contributed by atoms with Crippen LogP contribution in [0.5, 0.6) is 11.5 Å². The van der Waals surface area contributed by atoms with Gasteiger partial charge in [-0.1, -0.05) is 32.9 Å². The number of ether oxygens (including phenoxy) is 2. The maximum Gasteiger partial charge on any atom is 0.349 e. The molecule has 1 aliphatic carbocycles. The molecule has 0 saturated carbocycles. The average molecular weight is 392 g/mol. The second-order valence-corrected chi connectivity index (χ2v) is 8.40. The van der Waals surface area contributed by atoms with Crippen molar-refractivity contribution in [3.8, 4) is 11.5 Å². The Kier molecular flexibility index (Phi) is 4.91. The van der Waals surface area contributed by atoms with Crippen molar-refractivity contribution in [2.24, 2.45) is 0 Å². The van der Waals surface area contributed by atoms with E-state index in [1.807, 2.05) is 30.3 Å². The molecule has 2 aromatic carbocycles. The van der Waals surface area contributed by atoms with Gasteiger partial charge in [0.15, 0.2) is 6.61 Å². The van der Waals surface area contributed by atoms with Crippen LogP contribution in [0.2, 0.25) is 0 Å². The van der Waals surface area contributed by atoms with E-state index in [9.17, 15) is 9.59 Å². The molecule has 0 aliphatic heterocycles. The summed E-state index contributed by atoms with van der Waals surface area (Å²) in [5.74, 6) is 0.415. The van der Waals surface area contributed by atoms with Crippen LogP contribution in [0.15, 0.2) is 51.7 Å². The van der Waals surface area contributed by atoms with Crippen LogP contribution in [0.25, 0.3) is 11.0 Å². The van der Waals surface area contributed by atoms with Crippen molar-refractivity contribution in [3.63, 3.8) is 0 Å². The predicted molar refractivity (Wildman–Crippen MR) is 111 cm³/mol. The number of hydrogen-bond acceptors (Lipinski definition) is 5. The lowest BCUT2D eigenvalue weighted by molar-refractivity contribution is -0.136. The quantitative estimate of drug-likeness (QED) is 0.370. The minimum Gasteiger partial charge on any atom is -0.482 e. The van der Waals surface area contributed by atoms with Crippen molar-refractivity contribution in [3.05, 3.63) is 69.6 Å². The van der Waals surface area contributed by atoms with E-state index < -0.39 is 5.97 Å². The van der Waals surface area contributed by atoms with Gasteiger partial charge in [-0.05, 0) is 60.1 Å². The molecule has 29 heavy (non-hydrogen) atoms. The first-order chi connectivity index (χ1) is 13.8. The topological polar surface area (TPSA) is 65.7 Å². The number of carbonyl (C=O) groups is 1. The third-order valence-corrected chi connectivity index (χ3v) is 5.25. The number of esters is 1. The van der Waals surface area contributed by atoms with Gasteiger partial charge in [0.2, 0.25) is 0 Å². The van der Waals surface area contributed by atoms with Crippen LogP contribution >= 0.6 is 0 Å². The Labute approximate surface area is 169 Å². The van der Waals surface area contributed by atoms with Gasteiger partial charge in [-0.2, -0.15) is 0 Å². The van der Waals surface area contributed by atoms with Gasteiger partial charge in [0.05, 0.1) is 0 Å². The lowest BCUT2D eigenvalue weighted by atomic mass is 9.87. The predicted octanol–water partition coefficient (Wildman–Crippen LogP) is 4.56. The van der Waals surface area contributed by atoms with Gasteiger partial charge in [0.25, 0.3) is 0 Å². The zero-order chi connectivity index (χ0) is 20.6. The number of rotatable bonds is 4. The Morgan fingerprint density at radius 1 is 1.00 bits per heavy atom. The van der Waals surface area contributed by atoms with Crippen molar-refractivity contribution < 1.29 is 18.7 Å². The van der Waals surface area contributed by atoms with Gasteiger partial charge >= 0.3 is 11.6 Å². The highest BCUT2D eigenvalue weighted by Crippen LogP contribution is 2.29. The SMILES string of the molecule is CC(C)(C)c1ccc(OCC(=O)Oc2ccc3c4c(c(=O)oc3c2)CCC4)cc1. The Morgan fingerprint density at radius 3 is 2.41 bits per heavy atom. The van der Waals surface area contributed by atoms with Crippen LogP contribution in [0.3, 0.4) is 0 Å². The van der Waals surface area contributed by atoms with Gasteiger partial charge in [0, 0.05) is 17.0 Å².